The Balaban J connectivity index is 1.22. The predicted octanol–water partition coefficient (Wildman–Crippen LogP) is 19.0. The molecule has 1 aliphatic heterocycles. The van der Waals surface area contributed by atoms with Crippen molar-refractivity contribution in [3.05, 3.63) is 57.6 Å². The molecule has 2 aromatic rings. The molecule has 0 amide bonds. The first-order valence-corrected chi connectivity index (χ1v) is 32.9. The van der Waals surface area contributed by atoms with Gasteiger partial charge >= 0.3 is 0 Å². The quantitative estimate of drug-likeness (QED) is 0.269. The smallest absolute Gasteiger partial charge is 0.245 e. The fraction of sp³-hybridized carbons (Fsp3) is 0.791. The van der Waals surface area contributed by atoms with Crippen LogP contribution in [0, 0.1) is 57.2 Å². The van der Waals surface area contributed by atoms with E-state index < -0.39 is 5.79 Å². The summed E-state index contributed by atoms with van der Waals surface area (Å²) >= 11 is 0. The van der Waals surface area contributed by atoms with Crippen molar-refractivity contribution < 1.29 is 9.47 Å². The van der Waals surface area contributed by atoms with E-state index in [1.807, 2.05) is 0 Å². The lowest BCUT2D eigenvalue weighted by Crippen LogP contribution is -2.61. The predicted molar refractivity (Wildman–Crippen MR) is 313 cm³/mol. The summed E-state index contributed by atoms with van der Waals surface area (Å²) < 4.78 is 16.2. The number of hydrogen-bond donors (Lipinski definition) is 0. The van der Waals surface area contributed by atoms with E-state index >= 15 is 0 Å². The van der Waals surface area contributed by atoms with Gasteiger partial charge in [0.1, 0.15) is 11.5 Å². The first-order chi connectivity index (χ1) is 33.0. The zero-order chi connectivity index (χ0) is 51.3. The molecule has 9 fully saturated rings. The van der Waals surface area contributed by atoms with Gasteiger partial charge in [-0.3, -0.25) is 0 Å². The van der Waals surface area contributed by atoms with Gasteiger partial charge in [0.2, 0.25) is 5.79 Å². The largest absolute Gasteiger partial charge is 0.452 e. The maximum Gasteiger partial charge on any atom is 0.245 e. The van der Waals surface area contributed by atoms with Crippen LogP contribution in [0.5, 0.6) is 11.5 Å². The standard InChI is InChI=1S/C67H104O2S2/c1-43(2)62-29-47-30-63(37-62,44(3)4)40-66(33-47,39-62)53-27-51(59(9,10)11)25-49-35-70(17)55-23-21-19-20-22-24-56(55)71(18)36-50-26-52(60(12,13)14)28-54(58(50)69-61(15,16)68-57(49)53)67-34-48-31-64(41-67,45(5)6)38-65(32-48,42-67)46(7)8/h25-28,43-48,55-56H,17-24,29-42H2,1-16H3. The molecule has 10 aliphatic rings. The highest BCUT2D eigenvalue weighted by Gasteiger charge is 2.67. The monoisotopic (exact) mass is 1000 g/mol. The highest BCUT2D eigenvalue weighted by Crippen LogP contribution is 2.76. The highest BCUT2D eigenvalue weighted by molar-refractivity contribution is 8.17. The van der Waals surface area contributed by atoms with Crippen LogP contribution in [0.15, 0.2) is 24.3 Å². The van der Waals surface area contributed by atoms with Crippen molar-refractivity contribution in [2.45, 2.75) is 276 Å². The number of ether oxygens (including phenoxy) is 2. The van der Waals surface area contributed by atoms with E-state index in [0.717, 1.165) is 23.3 Å². The molecule has 8 bridgehead atoms. The number of fused-ring (bicyclic) bond motifs is 3. The second-order valence-electron chi connectivity index (χ2n) is 31.2. The SMILES string of the molecule is C=S1Cc2cc(C(C)(C)C)cc(C34CC5CC(C(C)C)(C3)CC(C(C)C)(C5)C4)c2OC(C)(C)Oc2c(cc(C(C)(C)C)cc2C23CC4CC(C(C)C)(C2)CC(C(C)C)(C4)C3)CS(=C)C2CCCCCCC21. The van der Waals surface area contributed by atoms with Crippen molar-refractivity contribution >= 4 is 32.7 Å². The normalized spacial score (nSPS) is 40.0. The summed E-state index contributed by atoms with van der Waals surface area (Å²) in [7, 11) is -0.191. The van der Waals surface area contributed by atoms with Gasteiger partial charge in [0.05, 0.1) is 0 Å². The summed E-state index contributed by atoms with van der Waals surface area (Å²) in [4.78, 5) is 0. The fourth-order valence-electron chi connectivity index (χ4n) is 19.1. The molecular weight excluding hydrogens is 901 g/mol. The summed E-state index contributed by atoms with van der Waals surface area (Å²) in [6, 6.07) is 10.7. The van der Waals surface area contributed by atoms with Crippen LogP contribution in [0.4, 0.5) is 0 Å². The average Bonchev–Trinajstić information content (AvgIpc) is 3.22. The summed E-state index contributed by atoms with van der Waals surface area (Å²) in [6.45, 7) is 40.0. The molecule has 9 saturated carbocycles. The van der Waals surface area contributed by atoms with Crippen LogP contribution in [-0.4, -0.2) is 28.0 Å². The molecule has 0 saturated heterocycles. The average molecular weight is 1010 g/mol. The topological polar surface area (TPSA) is 18.5 Å². The summed E-state index contributed by atoms with van der Waals surface area (Å²) in [5.74, 6) is 18.3. The number of benzene rings is 2. The zero-order valence-electron chi connectivity index (χ0n) is 48.6. The molecule has 12 rings (SSSR count). The van der Waals surface area contributed by atoms with E-state index in [1.54, 1.807) is 0 Å². The van der Waals surface area contributed by atoms with Gasteiger partial charge in [0.15, 0.2) is 0 Å². The van der Waals surface area contributed by atoms with E-state index in [1.165, 1.54) is 160 Å². The lowest BCUT2D eigenvalue weighted by Gasteiger charge is -2.69. The van der Waals surface area contributed by atoms with Gasteiger partial charge in [-0.15, -0.1) is 0 Å². The Morgan fingerprint density at radius 2 is 0.803 bits per heavy atom. The van der Waals surface area contributed by atoms with Crippen molar-refractivity contribution in [2.75, 3.05) is 0 Å². The van der Waals surface area contributed by atoms with Gasteiger partial charge in [-0.05, 0) is 169 Å². The fourth-order valence-corrected chi connectivity index (χ4v) is 23.9. The van der Waals surface area contributed by atoms with Gasteiger partial charge < -0.3 is 9.47 Å². The van der Waals surface area contributed by atoms with Crippen molar-refractivity contribution in [2.24, 2.45) is 57.2 Å². The third-order valence-corrected chi connectivity index (χ3v) is 27.2. The minimum Gasteiger partial charge on any atom is -0.452 e. The van der Waals surface area contributed by atoms with Gasteiger partial charge in [-0.1, -0.05) is 159 Å². The second kappa shape index (κ2) is 17.8. The molecule has 396 valence electrons. The maximum absolute atomic E-state index is 8.11. The Morgan fingerprint density at radius 1 is 0.479 bits per heavy atom. The van der Waals surface area contributed by atoms with Crippen LogP contribution in [0.1, 0.15) is 260 Å². The van der Waals surface area contributed by atoms with Gasteiger partial charge in [0, 0.05) is 68.9 Å². The van der Waals surface area contributed by atoms with E-state index in [4.69, 9.17) is 21.2 Å². The van der Waals surface area contributed by atoms with Crippen LogP contribution >= 0.6 is 21.0 Å². The first kappa shape index (κ1) is 52.9. The molecule has 0 radical (unpaired) electrons. The third-order valence-electron chi connectivity index (χ3n) is 22.8. The number of hydrogen-bond acceptors (Lipinski definition) is 2. The Bertz CT molecular complexity index is 2200. The molecule has 71 heavy (non-hydrogen) atoms. The molecule has 9 aliphatic carbocycles. The van der Waals surface area contributed by atoms with E-state index in [0.29, 0.717) is 55.8 Å². The molecule has 0 spiro atoms. The molecule has 8 atom stereocenters. The Hall–Kier alpha value is -1.52. The number of rotatable bonds is 6. The molecule has 0 aromatic heterocycles. The minimum absolute atomic E-state index is 0.00422. The Kier molecular flexibility index (Phi) is 13.2. The van der Waals surface area contributed by atoms with Crippen LogP contribution in [0.25, 0.3) is 0 Å². The molecule has 4 heteroatoms. The molecular formula is C67H104O2S2. The first-order valence-electron chi connectivity index (χ1n) is 29.7. The van der Waals surface area contributed by atoms with Gasteiger partial charge in [0.25, 0.3) is 0 Å². The van der Waals surface area contributed by atoms with Crippen molar-refractivity contribution in [1.82, 2.24) is 0 Å². The summed E-state index contributed by atoms with van der Waals surface area (Å²) in [6.07, 6.45) is 24.1. The van der Waals surface area contributed by atoms with E-state index in [9.17, 15) is 0 Å². The van der Waals surface area contributed by atoms with Gasteiger partial charge in [-0.25, -0.2) is 0 Å². The van der Waals surface area contributed by atoms with Crippen LogP contribution in [-0.2, 0) is 33.2 Å². The van der Waals surface area contributed by atoms with Crippen molar-refractivity contribution in [1.29, 1.82) is 0 Å². The van der Waals surface area contributed by atoms with Crippen molar-refractivity contribution in [3.8, 4) is 11.5 Å². The Labute approximate surface area is 441 Å². The van der Waals surface area contributed by atoms with E-state index in [-0.39, 0.29) is 42.6 Å². The van der Waals surface area contributed by atoms with Crippen LogP contribution < -0.4 is 9.47 Å². The second-order valence-corrected chi connectivity index (χ2v) is 35.1. The van der Waals surface area contributed by atoms with Crippen LogP contribution in [0.2, 0.25) is 0 Å². The lowest BCUT2D eigenvalue weighted by molar-refractivity contribution is -0.165. The molecule has 2 nitrogen and oxygen atoms in total. The van der Waals surface area contributed by atoms with Crippen LogP contribution in [0.3, 0.4) is 0 Å². The summed E-state index contributed by atoms with van der Waals surface area (Å²) in [5.41, 5.74) is 10.5. The molecule has 1 heterocycles. The third kappa shape index (κ3) is 8.99. The molecule has 8 unspecified atom stereocenters. The lowest BCUT2D eigenvalue weighted by atomic mass is 9.35. The maximum atomic E-state index is 8.11. The van der Waals surface area contributed by atoms with E-state index in [2.05, 4.69) is 135 Å². The highest BCUT2D eigenvalue weighted by atomic mass is 32.2. The molecule has 0 N–H and O–H groups in total. The minimum atomic E-state index is -0.920. The zero-order valence-corrected chi connectivity index (χ0v) is 50.3. The Morgan fingerprint density at radius 3 is 1.10 bits per heavy atom. The summed E-state index contributed by atoms with van der Waals surface area (Å²) in [5, 5.41) is 1.11. The van der Waals surface area contributed by atoms with Crippen molar-refractivity contribution in [3.63, 3.8) is 0 Å². The van der Waals surface area contributed by atoms with Gasteiger partial charge in [-0.2, -0.15) is 21.0 Å². The molecule has 2 aromatic carbocycles.